The summed E-state index contributed by atoms with van der Waals surface area (Å²) >= 11 is 0. The minimum absolute atomic E-state index is 0.260. The number of unbranched alkanes of at least 4 members (excludes halogenated alkanes) is 7. The monoisotopic (exact) mass is 243 g/mol. The number of hydrogen-bond acceptors (Lipinski definition) is 2. The summed E-state index contributed by atoms with van der Waals surface area (Å²) in [7, 11) is 0. The first kappa shape index (κ1) is 16.9. The van der Waals surface area contributed by atoms with Crippen LogP contribution in [0.4, 0.5) is 0 Å². The molecule has 0 spiro atoms. The molecule has 0 aromatic carbocycles. The average Bonchev–Trinajstić information content (AvgIpc) is 2.30. The number of aliphatic hydroxyl groups excluding tert-OH is 1. The van der Waals surface area contributed by atoms with Crippen LogP contribution in [0.3, 0.4) is 0 Å². The summed E-state index contributed by atoms with van der Waals surface area (Å²) in [5, 5.41) is 11.8. The predicted molar refractivity (Wildman–Crippen MR) is 76.3 cm³/mol. The van der Waals surface area contributed by atoms with Crippen molar-refractivity contribution < 1.29 is 5.11 Å². The molecule has 0 aliphatic heterocycles. The first-order valence-electron chi connectivity index (χ1n) is 7.59. The number of rotatable bonds is 13. The first-order chi connectivity index (χ1) is 8.27. The van der Waals surface area contributed by atoms with E-state index >= 15 is 0 Å². The highest BCUT2D eigenvalue weighted by molar-refractivity contribution is 4.51. The van der Waals surface area contributed by atoms with Gasteiger partial charge < -0.3 is 10.4 Å². The standard InChI is InChI=1S/C15H33NO/c1-15(2)11-9-7-5-3-4-6-8-10-12-16-13-14-17/h15-17H,3-14H2,1-2H3. The van der Waals surface area contributed by atoms with E-state index in [1.807, 2.05) is 0 Å². The van der Waals surface area contributed by atoms with Crippen molar-refractivity contribution in [1.82, 2.24) is 5.32 Å². The van der Waals surface area contributed by atoms with Gasteiger partial charge in [-0.05, 0) is 18.9 Å². The summed E-state index contributed by atoms with van der Waals surface area (Å²) in [5.41, 5.74) is 0. The predicted octanol–water partition coefficient (Wildman–Crippen LogP) is 3.74. The fourth-order valence-corrected chi connectivity index (χ4v) is 2.07. The van der Waals surface area contributed by atoms with Crippen LogP contribution in [0.2, 0.25) is 0 Å². The van der Waals surface area contributed by atoms with Crippen LogP contribution in [0, 0.1) is 5.92 Å². The van der Waals surface area contributed by atoms with Crippen LogP contribution >= 0.6 is 0 Å². The molecule has 0 saturated carbocycles. The molecule has 17 heavy (non-hydrogen) atoms. The van der Waals surface area contributed by atoms with E-state index in [0.717, 1.165) is 19.0 Å². The van der Waals surface area contributed by atoms with E-state index in [0.29, 0.717) is 0 Å². The second-order valence-corrected chi connectivity index (χ2v) is 5.48. The van der Waals surface area contributed by atoms with E-state index < -0.39 is 0 Å². The molecule has 0 aliphatic rings. The maximum atomic E-state index is 8.58. The molecule has 104 valence electrons. The Labute approximate surface area is 108 Å². The third kappa shape index (κ3) is 15.9. The Hall–Kier alpha value is -0.0800. The Bertz CT molecular complexity index is 137. The lowest BCUT2D eigenvalue weighted by Gasteiger charge is -2.05. The number of nitrogens with one attached hydrogen (secondary N) is 1. The molecule has 0 saturated heterocycles. The second kappa shape index (κ2) is 14.0. The summed E-state index contributed by atoms with van der Waals surface area (Å²) in [6.45, 7) is 6.69. The van der Waals surface area contributed by atoms with E-state index in [1.54, 1.807) is 0 Å². The topological polar surface area (TPSA) is 32.3 Å². The molecule has 0 unspecified atom stereocenters. The summed E-state index contributed by atoms with van der Waals surface area (Å²) in [5.74, 6) is 0.876. The van der Waals surface area contributed by atoms with E-state index in [2.05, 4.69) is 19.2 Å². The van der Waals surface area contributed by atoms with Gasteiger partial charge in [-0.2, -0.15) is 0 Å². The van der Waals surface area contributed by atoms with Crippen molar-refractivity contribution in [3.8, 4) is 0 Å². The SMILES string of the molecule is CC(C)CCCCCCCCCCNCCO. The zero-order valence-electron chi connectivity index (χ0n) is 12.0. The van der Waals surface area contributed by atoms with E-state index in [-0.39, 0.29) is 6.61 Å². The summed E-state index contributed by atoms with van der Waals surface area (Å²) in [6, 6.07) is 0. The Morgan fingerprint density at radius 3 is 1.82 bits per heavy atom. The van der Waals surface area contributed by atoms with Crippen molar-refractivity contribution >= 4 is 0 Å². The molecule has 0 aliphatic carbocycles. The van der Waals surface area contributed by atoms with Crippen molar-refractivity contribution in [3.63, 3.8) is 0 Å². The fraction of sp³-hybridized carbons (Fsp3) is 1.00. The molecule has 2 heteroatoms. The van der Waals surface area contributed by atoms with E-state index in [9.17, 15) is 0 Å². The summed E-state index contributed by atoms with van der Waals surface area (Å²) in [4.78, 5) is 0. The van der Waals surface area contributed by atoms with Crippen LogP contribution in [0.5, 0.6) is 0 Å². The van der Waals surface area contributed by atoms with Crippen molar-refractivity contribution in [3.05, 3.63) is 0 Å². The van der Waals surface area contributed by atoms with Gasteiger partial charge in [-0.15, -0.1) is 0 Å². The molecule has 2 N–H and O–H groups in total. The van der Waals surface area contributed by atoms with Gasteiger partial charge >= 0.3 is 0 Å². The minimum Gasteiger partial charge on any atom is -0.395 e. The van der Waals surface area contributed by atoms with Crippen LogP contribution in [-0.4, -0.2) is 24.8 Å². The smallest absolute Gasteiger partial charge is 0.0555 e. The van der Waals surface area contributed by atoms with Gasteiger partial charge in [-0.1, -0.05) is 65.2 Å². The van der Waals surface area contributed by atoms with Crippen molar-refractivity contribution in [1.29, 1.82) is 0 Å². The van der Waals surface area contributed by atoms with Gasteiger partial charge in [0.15, 0.2) is 0 Å². The highest BCUT2D eigenvalue weighted by Crippen LogP contribution is 2.12. The van der Waals surface area contributed by atoms with Crippen LogP contribution < -0.4 is 5.32 Å². The molecule has 0 rings (SSSR count). The number of hydrogen-bond donors (Lipinski definition) is 2. The summed E-state index contributed by atoms with van der Waals surface area (Å²) < 4.78 is 0. The fourth-order valence-electron chi connectivity index (χ4n) is 2.07. The lowest BCUT2D eigenvalue weighted by Crippen LogP contribution is -2.19. The Morgan fingerprint density at radius 2 is 1.29 bits per heavy atom. The van der Waals surface area contributed by atoms with Crippen LogP contribution in [0.25, 0.3) is 0 Å². The number of aliphatic hydroxyl groups is 1. The largest absolute Gasteiger partial charge is 0.395 e. The maximum Gasteiger partial charge on any atom is 0.0555 e. The quantitative estimate of drug-likeness (QED) is 0.483. The zero-order chi connectivity index (χ0) is 12.8. The first-order valence-corrected chi connectivity index (χ1v) is 7.59. The average molecular weight is 243 g/mol. The normalized spacial score (nSPS) is 11.3. The molecule has 0 radical (unpaired) electrons. The molecule has 0 bridgehead atoms. The molecule has 0 heterocycles. The molecule has 0 fully saturated rings. The molecular weight excluding hydrogens is 210 g/mol. The maximum absolute atomic E-state index is 8.58. The lowest BCUT2D eigenvalue weighted by atomic mass is 10.0. The molecule has 0 amide bonds. The second-order valence-electron chi connectivity index (χ2n) is 5.48. The lowest BCUT2D eigenvalue weighted by molar-refractivity contribution is 0.292. The molecular formula is C15H33NO. The Kier molecular flexibility index (Phi) is 13.9. The van der Waals surface area contributed by atoms with Gasteiger partial charge in [-0.3, -0.25) is 0 Å². The zero-order valence-corrected chi connectivity index (χ0v) is 12.0. The van der Waals surface area contributed by atoms with Gasteiger partial charge in [-0.25, -0.2) is 0 Å². The molecule has 0 aromatic heterocycles. The minimum atomic E-state index is 0.260. The van der Waals surface area contributed by atoms with Gasteiger partial charge in [0.2, 0.25) is 0 Å². The van der Waals surface area contributed by atoms with Crippen LogP contribution in [0.15, 0.2) is 0 Å². The van der Waals surface area contributed by atoms with Crippen molar-refractivity contribution in [2.45, 2.75) is 71.6 Å². The van der Waals surface area contributed by atoms with Gasteiger partial charge in [0.25, 0.3) is 0 Å². The molecule has 0 aromatic rings. The third-order valence-corrected chi connectivity index (χ3v) is 3.17. The molecule has 2 nitrogen and oxygen atoms in total. The highest BCUT2D eigenvalue weighted by Gasteiger charge is 1.95. The molecule has 0 atom stereocenters. The van der Waals surface area contributed by atoms with Gasteiger partial charge in [0.1, 0.15) is 0 Å². The van der Waals surface area contributed by atoms with Crippen LogP contribution in [-0.2, 0) is 0 Å². The summed E-state index contributed by atoms with van der Waals surface area (Å²) in [6.07, 6.45) is 12.5. The third-order valence-electron chi connectivity index (χ3n) is 3.17. The van der Waals surface area contributed by atoms with Crippen molar-refractivity contribution in [2.24, 2.45) is 5.92 Å². The van der Waals surface area contributed by atoms with Gasteiger partial charge in [0.05, 0.1) is 6.61 Å². The van der Waals surface area contributed by atoms with E-state index in [1.165, 1.54) is 57.8 Å². The van der Waals surface area contributed by atoms with Crippen molar-refractivity contribution in [2.75, 3.05) is 19.7 Å². The Morgan fingerprint density at radius 1 is 0.765 bits per heavy atom. The van der Waals surface area contributed by atoms with Gasteiger partial charge in [0, 0.05) is 6.54 Å². The highest BCUT2D eigenvalue weighted by atomic mass is 16.3. The van der Waals surface area contributed by atoms with E-state index in [4.69, 9.17) is 5.11 Å². The van der Waals surface area contributed by atoms with Crippen LogP contribution in [0.1, 0.15) is 71.6 Å². The Balaban J connectivity index is 2.89.